The molecule has 1 rings (SSSR count). The van der Waals surface area contributed by atoms with E-state index in [1.807, 2.05) is 38.1 Å². The van der Waals surface area contributed by atoms with Gasteiger partial charge < -0.3 is 0 Å². The first kappa shape index (κ1) is 12.6. The molecule has 0 heterocycles. The Morgan fingerprint density at radius 1 is 1.00 bits per heavy atom. The van der Waals surface area contributed by atoms with Crippen molar-refractivity contribution in [2.75, 3.05) is 0 Å². The van der Waals surface area contributed by atoms with Gasteiger partial charge in [0.05, 0.1) is 0 Å². The molecule has 0 aliphatic rings. The van der Waals surface area contributed by atoms with Gasteiger partial charge >= 0.3 is 0 Å². The highest BCUT2D eigenvalue weighted by Gasteiger charge is 2.08. The van der Waals surface area contributed by atoms with Crippen LogP contribution in [0.1, 0.15) is 31.9 Å². The van der Waals surface area contributed by atoms with Crippen molar-refractivity contribution in [1.82, 2.24) is 0 Å². The largest absolute Gasteiger partial charge is 0.300 e. The molecule has 16 heavy (non-hydrogen) atoms. The van der Waals surface area contributed by atoms with Gasteiger partial charge in [0, 0.05) is 18.8 Å². The Morgan fingerprint density at radius 2 is 1.44 bits per heavy atom. The van der Waals surface area contributed by atoms with E-state index in [0.29, 0.717) is 12.8 Å². The topological polar surface area (TPSA) is 34.1 Å². The summed E-state index contributed by atoms with van der Waals surface area (Å²) in [6.07, 6.45) is 0.955. The lowest BCUT2D eigenvalue weighted by Crippen LogP contribution is -2.10. The van der Waals surface area contributed by atoms with E-state index < -0.39 is 0 Å². The molecule has 0 amide bonds. The van der Waals surface area contributed by atoms with E-state index in [1.165, 1.54) is 0 Å². The molecule has 0 saturated carbocycles. The van der Waals surface area contributed by atoms with Gasteiger partial charge in [-0.1, -0.05) is 38.1 Å². The minimum Gasteiger partial charge on any atom is -0.300 e. The summed E-state index contributed by atoms with van der Waals surface area (Å²) in [5.41, 5.74) is 2.03. The number of carbonyl (C=O) groups excluding carboxylic acids is 2. The average Bonchev–Trinajstić information content (AvgIpc) is 2.20. The summed E-state index contributed by atoms with van der Waals surface area (Å²) < 4.78 is 0. The predicted molar refractivity (Wildman–Crippen MR) is 64.4 cm³/mol. The molecule has 0 saturated heterocycles. The van der Waals surface area contributed by atoms with Gasteiger partial charge in [-0.25, -0.2) is 0 Å². The number of benzene rings is 1. The highest BCUT2D eigenvalue weighted by Crippen LogP contribution is 2.09. The Balaban J connectivity index is 2.64. The molecule has 0 aliphatic carbocycles. The van der Waals surface area contributed by atoms with Crippen molar-refractivity contribution >= 4 is 11.6 Å². The van der Waals surface area contributed by atoms with Crippen LogP contribution >= 0.6 is 0 Å². The number of hydrogen-bond donors (Lipinski definition) is 0. The summed E-state index contributed by atoms with van der Waals surface area (Å²) in [6.45, 7) is 5.40. The molecule has 86 valence electrons. The van der Waals surface area contributed by atoms with Crippen LogP contribution in [0.15, 0.2) is 24.3 Å². The molecular weight excluding hydrogens is 200 g/mol. The maximum absolute atomic E-state index is 11.5. The number of rotatable bonds is 5. The van der Waals surface area contributed by atoms with Gasteiger partial charge in [-0.15, -0.1) is 0 Å². The number of ketones is 2. The lowest BCUT2D eigenvalue weighted by Gasteiger charge is -2.05. The molecule has 0 bridgehead atoms. The lowest BCUT2D eigenvalue weighted by molar-refractivity contribution is -0.121. The smallest absolute Gasteiger partial charge is 0.139 e. The van der Waals surface area contributed by atoms with E-state index in [2.05, 4.69) is 0 Å². The highest BCUT2D eigenvalue weighted by molar-refractivity contribution is 5.82. The Labute approximate surface area is 96.7 Å². The molecule has 0 atom stereocenters. The summed E-state index contributed by atoms with van der Waals surface area (Å²) >= 11 is 0. The van der Waals surface area contributed by atoms with Gasteiger partial charge in [-0.2, -0.15) is 0 Å². The minimum absolute atomic E-state index is 0.0805. The van der Waals surface area contributed by atoms with Crippen LogP contribution in [0, 0.1) is 5.92 Å². The second-order valence-corrected chi connectivity index (χ2v) is 4.49. The van der Waals surface area contributed by atoms with Crippen LogP contribution in [0.3, 0.4) is 0 Å². The zero-order chi connectivity index (χ0) is 12.1. The lowest BCUT2D eigenvalue weighted by atomic mass is 9.99. The fraction of sp³-hybridized carbons (Fsp3) is 0.429. The van der Waals surface area contributed by atoms with Crippen molar-refractivity contribution in [3.63, 3.8) is 0 Å². The van der Waals surface area contributed by atoms with E-state index in [4.69, 9.17) is 0 Å². The number of Topliss-reactive ketones (excluding diaryl/α,β-unsaturated/α-hetero) is 2. The molecule has 2 nitrogen and oxygen atoms in total. The van der Waals surface area contributed by atoms with Crippen molar-refractivity contribution in [3.05, 3.63) is 35.4 Å². The second kappa shape index (κ2) is 5.59. The minimum atomic E-state index is 0.0805. The normalized spacial score (nSPS) is 10.5. The van der Waals surface area contributed by atoms with Gasteiger partial charge in [0.25, 0.3) is 0 Å². The Morgan fingerprint density at radius 3 is 1.81 bits per heavy atom. The molecule has 0 aliphatic heterocycles. The molecule has 2 heteroatoms. The van der Waals surface area contributed by atoms with Gasteiger partial charge in [0.15, 0.2) is 0 Å². The molecular formula is C14H18O2. The quantitative estimate of drug-likeness (QED) is 0.761. The van der Waals surface area contributed by atoms with Crippen molar-refractivity contribution in [2.45, 2.75) is 33.6 Å². The van der Waals surface area contributed by atoms with Gasteiger partial charge in [-0.05, 0) is 18.1 Å². The third-order valence-corrected chi connectivity index (χ3v) is 2.50. The van der Waals surface area contributed by atoms with E-state index in [0.717, 1.165) is 11.1 Å². The van der Waals surface area contributed by atoms with E-state index in [-0.39, 0.29) is 17.5 Å². The predicted octanol–water partition coefficient (Wildman–Crippen LogP) is 2.59. The van der Waals surface area contributed by atoms with Gasteiger partial charge in [0.2, 0.25) is 0 Å². The van der Waals surface area contributed by atoms with Crippen molar-refractivity contribution in [2.24, 2.45) is 5.92 Å². The van der Waals surface area contributed by atoms with Crippen LogP contribution in [0.2, 0.25) is 0 Å². The number of hydrogen-bond acceptors (Lipinski definition) is 2. The van der Waals surface area contributed by atoms with Crippen LogP contribution in [-0.4, -0.2) is 11.6 Å². The molecule has 0 aromatic heterocycles. The van der Waals surface area contributed by atoms with E-state index in [9.17, 15) is 9.59 Å². The number of carbonyl (C=O) groups is 2. The summed E-state index contributed by atoms with van der Waals surface area (Å²) in [4.78, 5) is 22.4. The SMILES string of the molecule is CC(=O)Cc1ccc(CC(=O)C(C)C)cc1. The van der Waals surface area contributed by atoms with Gasteiger partial charge in [0.1, 0.15) is 11.6 Å². The molecule has 0 spiro atoms. The van der Waals surface area contributed by atoms with Crippen LogP contribution in [0.25, 0.3) is 0 Å². The van der Waals surface area contributed by atoms with Crippen LogP contribution in [-0.2, 0) is 22.4 Å². The Hall–Kier alpha value is -1.44. The van der Waals surface area contributed by atoms with Crippen molar-refractivity contribution in [1.29, 1.82) is 0 Å². The van der Waals surface area contributed by atoms with Crippen molar-refractivity contribution in [3.8, 4) is 0 Å². The first-order chi connectivity index (χ1) is 7.49. The summed E-state index contributed by atoms with van der Waals surface area (Å²) in [5, 5.41) is 0. The molecule has 1 aromatic carbocycles. The first-order valence-corrected chi connectivity index (χ1v) is 5.59. The molecule has 1 aromatic rings. The zero-order valence-corrected chi connectivity index (χ0v) is 10.1. The van der Waals surface area contributed by atoms with Crippen molar-refractivity contribution < 1.29 is 9.59 Å². The summed E-state index contributed by atoms with van der Waals surface area (Å²) in [7, 11) is 0. The fourth-order valence-corrected chi connectivity index (χ4v) is 1.47. The van der Waals surface area contributed by atoms with Gasteiger partial charge in [-0.3, -0.25) is 9.59 Å². The molecule has 0 N–H and O–H groups in total. The molecule has 0 fully saturated rings. The maximum Gasteiger partial charge on any atom is 0.139 e. The average molecular weight is 218 g/mol. The standard InChI is InChI=1S/C14H18O2/c1-10(2)14(16)9-13-6-4-12(5-7-13)8-11(3)15/h4-7,10H,8-9H2,1-3H3. The van der Waals surface area contributed by atoms with E-state index in [1.54, 1.807) is 6.92 Å². The summed E-state index contributed by atoms with van der Waals surface area (Å²) in [5.74, 6) is 0.488. The molecule has 0 unspecified atom stereocenters. The third kappa shape index (κ3) is 3.97. The molecule has 0 radical (unpaired) electrons. The van der Waals surface area contributed by atoms with Crippen LogP contribution < -0.4 is 0 Å². The Bertz CT molecular complexity index is 374. The fourth-order valence-electron chi connectivity index (χ4n) is 1.47. The third-order valence-electron chi connectivity index (χ3n) is 2.50. The van der Waals surface area contributed by atoms with Crippen LogP contribution in [0.4, 0.5) is 0 Å². The zero-order valence-electron chi connectivity index (χ0n) is 10.1. The van der Waals surface area contributed by atoms with Crippen LogP contribution in [0.5, 0.6) is 0 Å². The second-order valence-electron chi connectivity index (χ2n) is 4.49. The monoisotopic (exact) mass is 218 g/mol. The highest BCUT2D eigenvalue weighted by atomic mass is 16.1. The van der Waals surface area contributed by atoms with E-state index >= 15 is 0 Å². The maximum atomic E-state index is 11.5. The Kier molecular flexibility index (Phi) is 4.41. The summed E-state index contributed by atoms with van der Waals surface area (Å²) in [6, 6.07) is 7.70. The first-order valence-electron chi connectivity index (χ1n) is 5.59.